The molecule has 0 amide bonds. The van der Waals surface area contributed by atoms with Gasteiger partial charge >= 0.3 is 0 Å². The number of benzene rings is 2. The third-order valence-corrected chi connectivity index (χ3v) is 2.47. The summed E-state index contributed by atoms with van der Waals surface area (Å²) in [7, 11) is 0. The molecule has 1 nitrogen and oxygen atoms in total. The van der Waals surface area contributed by atoms with Crippen molar-refractivity contribution in [1.29, 1.82) is 0 Å². The van der Waals surface area contributed by atoms with Gasteiger partial charge in [0, 0.05) is 16.7 Å². The summed E-state index contributed by atoms with van der Waals surface area (Å²) in [5, 5.41) is 0. The standard InChI is InChI=1S/C16H12O/c1-2-8-13-9-6-7-12-15(13)16(17)14-10-4-3-5-11-14/h3-7,9-12H,1H3. The monoisotopic (exact) mass is 220 g/mol. The molecule has 0 atom stereocenters. The first-order chi connectivity index (χ1) is 8.33. The first-order valence-electron chi connectivity index (χ1n) is 5.44. The van der Waals surface area contributed by atoms with E-state index in [2.05, 4.69) is 11.8 Å². The van der Waals surface area contributed by atoms with Gasteiger partial charge in [0.2, 0.25) is 0 Å². The predicted octanol–water partition coefficient (Wildman–Crippen LogP) is 3.29. The van der Waals surface area contributed by atoms with Crippen LogP contribution in [0.5, 0.6) is 0 Å². The largest absolute Gasteiger partial charge is 0.289 e. The normalized spacial score (nSPS) is 9.24. The smallest absolute Gasteiger partial charge is 0.194 e. The molecular formula is C16H12O. The summed E-state index contributed by atoms with van der Waals surface area (Å²) in [6.07, 6.45) is 0. The second-order valence-electron chi connectivity index (χ2n) is 3.62. The highest BCUT2D eigenvalue weighted by Gasteiger charge is 2.11. The van der Waals surface area contributed by atoms with Crippen LogP contribution in [0.2, 0.25) is 0 Å². The molecule has 0 aliphatic carbocycles. The Hall–Kier alpha value is -2.33. The van der Waals surface area contributed by atoms with Crippen molar-refractivity contribution in [3.8, 4) is 11.8 Å². The molecule has 0 aromatic heterocycles. The van der Waals surface area contributed by atoms with Crippen molar-refractivity contribution in [1.82, 2.24) is 0 Å². The van der Waals surface area contributed by atoms with Crippen LogP contribution in [0, 0.1) is 11.8 Å². The van der Waals surface area contributed by atoms with Gasteiger partial charge in [-0.25, -0.2) is 0 Å². The maximum atomic E-state index is 12.3. The number of hydrogen-bond donors (Lipinski definition) is 0. The van der Waals surface area contributed by atoms with Gasteiger partial charge in [-0.1, -0.05) is 48.4 Å². The van der Waals surface area contributed by atoms with Crippen LogP contribution in [0.1, 0.15) is 28.4 Å². The van der Waals surface area contributed by atoms with Crippen molar-refractivity contribution in [2.45, 2.75) is 6.92 Å². The lowest BCUT2D eigenvalue weighted by Crippen LogP contribution is -2.03. The SMILES string of the molecule is CC#Cc1ccccc1C(=O)c1ccccc1. The molecule has 17 heavy (non-hydrogen) atoms. The van der Waals surface area contributed by atoms with Gasteiger partial charge in [0.05, 0.1) is 0 Å². The van der Waals surface area contributed by atoms with Crippen LogP contribution in [-0.2, 0) is 0 Å². The Labute approximate surface area is 101 Å². The van der Waals surface area contributed by atoms with Gasteiger partial charge in [0.25, 0.3) is 0 Å². The Bertz CT molecular complexity index is 586. The number of carbonyl (C=O) groups excluding carboxylic acids is 1. The van der Waals surface area contributed by atoms with Gasteiger partial charge in [-0.05, 0) is 19.1 Å². The zero-order valence-corrected chi connectivity index (χ0v) is 9.60. The van der Waals surface area contributed by atoms with Gasteiger partial charge in [0.1, 0.15) is 0 Å². The van der Waals surface area contributed by atoms with E-state index in [4.69, 9.17) is 0 Å². The maximum absolute atomic E-state index is 12.3. The van der Waals surface area contributed by atoms with E-state index in [1.165, 1.54) is 0 Å². The minimum absolute atomic E-state index is 0.0175. The number of carbonyl (C=O) groups is 1. The van der Waals surface area contributed by atoms with Crippen LogP contribution in [0.3, 0.4) is 0 Å². The molecule has 2 aromatic rings. The van der Waals surface area contributed by atoms with E-state index < -0.39 is 0 Å². The van der Waals surface area contributed by atoms with Crippen molar-refractivity contribution in [3.63, 3.8) is 0 Å². The summed E-state index contributed by atoms with van der Waals surface area (Å²) in [5.41, 5.74) is 2.13. The molecule has 0 bridgehead atoms. The van der Waals surface area contributed by atoms with Gasteiger partial charge in [-0.15, -0.1) is 5.92 Å². The molecule has 0 spiro atoms. The molecule has 82 valence electrons. The lowest BCUT2D eigenvalue weighted by Gasteiger charge is -2.03. The fourth-order valence-electron chi connectivity index (χ4n) is 1.67. The number of hydrogen-bond acceptors (Lipinski definition) is 1. The van der Waals surface area contributed by atoms with Crippen molar-refractivity contribution in [3.05, 3.63) is 71.3 Å². The Kier molecular flexibility index (Phi) is 3.37. The summed E-state index contributed by atoms with van der Waals surface area (Å²) in [5.74, 6) is 5.80. The Balaban J connectivity index is 2.47. The predicted molar refractivity (Wildman–Crippen MR) is 68.9 cm³/mol. The molecule has 2 aromatic carbocycles. The topological polar surface area (TPSA) is 17.1 Å². The molecule has 0 saturated carbocycles. The molecule has 0 N–H and O–H groups in total. The quantitative estimate of drug-likeness (QED) is 0.560. The Morgan fingerprint density at radius 1 is 0.941 bits per heavy atom. The van der Waals surface area contributed by atoms with Gasteiger partial charge in [-0.2, -0.15) is 0 Å². The fourth-order valence-corrected chi connectivity index (χ4v) is 1.67. The summed E-state index contributed by atoms with van der Waals surface area (Å²) < 4.78 is 0. The van der Waals surface area contributed by atoms with Crippen LogP contribution >= 0.6 is 0 Å². The van der Waals surface area contributed by atoms with Crippen LogP contribution in [0.4, 0.5) is 0 Å². The van der Waals surface area contributed by atoms with E-state index in [1.54, 1.807) is 6.92 Å². The molecule has 2 rings (SSSR count). The van der Waals surface area contributed by atoms with E-state index in [1.807, 2.05) is 54.6 Å². The van der Waals surface area contributed by atoms with E-state index >= 15 is 0 Å². The molecular weight excluding hydrogens is 208 g/mol. The lowest BCUT2D eigenvalue weighted by atomic mass is 9.99. The van der Waals surface area contributed by atoms with E-state index in [0.29, 0.717) is 11.1 Å². The third kappa shape index (κ3) is 2.43. The molecule has 0 fully saturated rings. The van der Waals surface area contributed by atoms with Crippen molar-refractivity contribution < 1.29 is 4.79 Å². The molecule has 0 heterocycles. The molecule has 1 heteroatoms. The van der Waals surface area contributed by atoms with Gasteiger partial charge < -0.3 is 0 Å². The minimum atomic E-state index is 0.0175. The highest BCUT2D eigenvalue weighted by molar-refractivity contribution is 6.10. The van der Waals surface area contributed by atoms with E-state index in [-0.39, 0.29) is 5.78 Å². The summed E-state index contributed by atoms with van der Waals surface area (Å²) in [6.45, 7) is 1.77. The average molecular weight is 220 g/mol. The van der Waals surface area contributed by atoms with Crippen molar-refractivity contribution in [2.24, 2.45) is 0 Å². The fraction of sp³-hybridized carbons (Fsp3) is 0.0625. The van der Waals surface area contributed by atoms with Crippen molar-refractivity contribution in [2.75, 3.05) is 0 Å². The third-order valence-electron chi connectivity index (χ3n) is 2.47. The Morgan fingerprint density at radius 2 is 1.59 bits per heavy atom. The van der Waals surface area contributed by atoms with Crippen LogP contribution in [0.15, 0.2) is 54.6 Å². The van der Waals surface area contributed by atoms with Gasteiger partial charge in [0.15, 0.2) is 5.78 Å². The zero-order valence-electron chi connectivity index (χ0n) is 9.60. The zero-order chi connectivity index (χ0) is 12.1. The number of rotatable bonds is 2. The minimum Gasteiger partial charge on any atom is -0.289 e. The number of ketones is 1. The first kappa shape index (κ1) is 11.2. The van der Waals surface area contributed by atoms with E-state index in [9.17, 15) is 4.79 Å². The van der Waals surface area contributed by atoms with Gasteiger partial charge in [-0.3, -0.25) is 4.79 Å². The molecule has 0 aliphatic rings. The maximum Gasteiger partial charge on any atom is 0.194 e. The lowest BCUT2D eigenvalue weighted by molar-refractivity contribution is 0.103. The highest BCUT2D eigenvalue weighted by atomic mass is 16.1. The Morgan fingerprint density at radius 3 is 2.29 bits per heavy atom. The highest BCUT2D eigenvalue weighted by Crippen LogP contribution is 2.13. The molecule has 0 radical (unpaired) electrons. The van der Waals surface area contributed by atoms with Crippen LogP contribution in [0.25, 0.3) is 0 Å². The average Bonchev–Trinajstić information content (AvgIpc) is 2.40. The van der Waals surface area contributed by atoms with Crippen LogP contribution < -0.4 is 0 Å². The van der Waals surface area contributed by atoms with E-state index in [0.717, 1.165) is 5.56 Å². The summed E-state index contributed by atoms with van der Waals surface area (Å²) in [4.78, 5) is 12.3. The molecule has 0 saturated heterocycles. The van der Waals surface area contributed by atoms with Crippen LogP contribution in [-0.4, -0.2) is 5.78 Å². The second kappa shape index (κ2) is 5.14. The second-order valence-corrected chi connectivity index (χ2v) is 3.62. The molecule has 0 aliphatic heterocycles. The summed E-state index contributed by atoms with van der Waals surface area (Å²) in [6, 6.07) is 16.7. The summed E-state index contributed by atoms with van der Waals surface area (Å²) >= 11 is 0. The first-order valence-corrected chi connectivity index (χ1v) is 5.44. The molecule has 0 unspecified atom stereocenters. The van der Waals surface area contributed by atoms with Crippen molar-refractivity contribution >= 4 is 5.78 Å².